The molecule has 2 aromatic rings. The highest BCUT2D eigenvalue weighted by atomic mass is 127. The predicted octanol–water partition coefficient (Wildman–Crippen LogP) is 5.30. The van der Waals surface area contributed by atoms with Gasteiger partial charge < -0.3 is 5.32 Å². The van der Waals surface area contributed by atoms with Crippen LogP contribution in [-0.2, 0) is 0 Å². The summed E-state index contributed by atoms with van der Waals surface area (Å²) in [6.07, 6.45) is 0. The van der Waals surface area contributed by atoms with Crippen LogP contribution in [0.15, 0.2) is 30.3 Å². The van der Waals surface area contributed by atoms with Gasteiger partial charge in [0.15, 0.2) is 0 Å². The van der Waals surface area contributed by atoms with Crippen LogP contribution in [-0.4, -0.2) is 5.91 Å². The van der Waals surface area contributed by atoms with Crippen molar-refractivity contribution in [2.75, 3.05) is 5.32 Å². The summed E-state index contributed by atoms with van der Waals surface area (Å²) in [6.45, 7) is 1.78. The Morgan fingerprint density at radius 3 is 2.65 bits per heavy atom. The molecule has 0 unspecified atom stereocenters. The molecule has 0 heterocycles. The van der Waals surface area contributed by atoms with Gasteiger partial charge in [0.25, 0.3) is 5.91 Å². The minimum atomic E-state index is -0.412. The summed E-state index contributed by atoms with van der Waals surface area (Å²) in [6, 6.07) is 7.30. The molecular formula is C14H9Cl2FINO. The fourth-order valence-corrected chi connectivity index (χ4v) is 2.69. The normalized spacial score (nSPS) is 10.4. The maximum absolute atomic E-state index is 13.2. The number of anilines is 1. The average molecular weight is 424 g/mol. The van der Waals surface area contributed by atoms with Crippen molar-refractivity contribution in [1.82, 2.24) is 0 Å². The number of rotatable bonds is 2. The second kappa shape index (κ2) is 6.28. The van der Waals surface area contributed by atoms with E-state index in [0.29, 0.717) is 24.9 Å². The smallest absolute Gasteiger partial charge is 0.256 e. The summed E-state index contributed by atoms with van der Waals surface area (Å²) in [5.74, 6) is -0.794. The van der Waals surface area contributed by atoms with Gasteiger partial charge in [0.05, 0.1) is 10.6 Å². The minimum absolute atomic E-state index is 0.353. The van der Waals surface area contributed by atoms with Gasteiger partial charge in [-0.15, -0.1) is 0 Å². The number of hydrogen-bond acceptors (Lipinski definition) is 1. The Bertz CT molecular complexity index is 691. The molecule has 104 valence electrons. The highest BCUT2D eigenvalue weighted by Gasteiger charge is 2.15. The zero-order valence-corrected chi connectivity index (χ0v) is 14.0. The summed E-state index contributed by atoms with van der Waals surface area (Å²) in [4.78, 5) is 12.2. The summed E-state index contributed by atoms with van der Waals surface area (Å²) in [5.41, 5.74) is 1.54. The van der Waals surface area contributed by atoms with Gasteiger partial charge in [0.2, 0.25) is 0 Å². The highest BCUT2D eigenvalue weighted by Crippen LogP contribution is 2.28. The Hall–Kier alpha value is -0.850. The van der Waals surface area contributed by atoms with Crippen LogP contribution in [0, 0.1) is 16.3 Å². The summed E-state index contributed by atoms with van der Waals surface area (Å²) in [5, 5.41) is 3.44. The lowest BCUT2D eigenvalue weighted by Crippen LogP contribution is -2.14. The molecule has 0 fully saturated rings. The van der Waals surface area contributed by atoms with Crippen LogP contribution in [0.3, 0.4) is 0 Å². The Balaban J connectivity index is 2.35. The quantitative estimate of drug-likeness (QED) is 0.515. The van der Waals surface area contributed by atoms with Gasteiger partial charge in [0, 0.05) is 14.3 Å². The molecule has 0 bridgehead atoms. The Morgan fingerprint density at radius 2 is 1.95 bits per heavy atom. The van der Waals surface area contributed by atoms with Gasteiger partial charge in [-0.25, -0.2) is 4.39 Å². The third-order valence-electron chi connectivity index (χ3n) is 2.69. The van der Waals surface area contributed by atoms with Crippen molar-refractivity contribution in [3.8, 4) is 0 Å². The number of carbonyl (C=O) groups excluding carboxylic acids is 1. The van der Waals surface area contributed by atoms with E-state index in [0.717, 1.165) is 5.56 Å². The van der Waals surface area contributed by atoms with Gasteiger partial charge >= 0.3 is 0 Å². The van der Waals surface area contributed by atoms with Crippen LogP contribution < -0.4 is 5.32 Å². The van der Waals surface area contributed by atoms with Crippen LogP contribution in [0.5, 0.6) is 0 Å². The highest BCUT2D eigenvalue weighted by molar-refractivity contribution is 14.1. The number of nitrogens with one attached hydrogen (secondary N) is 1. The molecule has 0 aliphatic heterocycles. The van der Waals surface area contributed by atoms with Gasteiger partial charge in [-0.3, -0.25) is 4.79 Å². The molecule has 0 atom stereocenters. The van der Waals surface area contributed by atoms with Crippen molar-refractivity contribution in [3.63, 3.8) is 0 Å². The molecule has 6 heteroatoms. The van der Waals surface area contributed by atoms with Crippen molar-refractivity contribution in [1.29, 1.82) is 0 Å². The van der Waals surface area contributed by atoms with E-state index in [4.69, 9.17) is 23.2 Å². The molecule has 2 nitrogen and oxygen atoms in total. The number of aryl methyl sites for hydroxylation is 1. The third kappa shape index (κ3) is 3.42. The summed E-state index contributed by atoms with van der Waals surface area (Å²) < 4.78 is 13.8. The van der Waals surface area contributed by atoms with E-state index in [1.165, 1.54) is 18.2 Å². The first-order valence-electron chi connectivity index (χ1n) is 5.60. The predicted molar refractivity (Wildman–Crippen MR) is 88.3 cm³/mol. The average Bonchev–Trinajstić information content (AvgIpc) is 2.38. The van der Waals surface area contributed by atoms with Crippen molar-refractivity contribution in [2.45, 2.75) is 6.92 Å². The minimum Gasteiger partial charge on any atom is -0.322 e. The van der Waals surface area contributed by atoms with Crippen molar-refractivity contribution < 1.29 is 9.18 Å². The van der Waals surface area contributed by atoms with Crippen molar-refractivity contribution >= 4 is 57.4 Å². The number of hydrogen-bond donors (Lipinski definition) is 1. The molecule has 1 N–H and O–H groups in total. The number of halogens is 4. The van der Waals surface area contributed by atoms with Crippen LogP contribution in [0.1, 0.15) is 15.9 Å². The van der Waals surface area contributed by atoms with Gasteiger partial charge in [-0.2, -0.15) is 0 Å². The summed E-state index contributed by atoms with van der Waals surface area (Å²) >= 11 is 13.9. The first-order valence-corrected chi connectivity index (χ1v) is 7.44. The van der Waals surface area contributed by atoms with E-state index in [-0.39, 0.29) is 5.91 Å². The molecule has 0 aliphatic rings. The molecule has 2 aromatic carbocycles. The van der Waals surface area contributed by atoms with Crippen LogP contribution in [0.25, 0.3) is 0 Å². The Morgan fingerprint density at radius 1 is 1.25 bits per heavy atom. The molecule has 0 radical (unpaired) electrons. The van der Waals surface area contributed by atoms with E-state index in [9.17, 15) is 9.18 Å². The monoisotopic (exact) mass is 423 g/mol. The largest absolute Gasteiger partial charge is 0.322 e. The van der Waals surface area contributed by atoms with Crippen LogP contribution in [0.2, 0.25) is 10.0 Å². The molecule has 0 aromatic heterocycles. The van der Waals surface area contributed by atoms with E-state index in [2.05, 4.69) is 5.32 Å². The first-order chi connectivity index (χ1) is 9.38. The molecule has 1 amide bonds. The van der Waals surface area contributed by atoms with Gasteiger partial charge in [0.1, 0.15) is 5.82 Å². The van der Waals surface area contributed by atoms with E-state index < -0.39 is 5.82 Å². The van der Waals surface area contributed by atoms with E-state index >= 15 is 0 Å². The molecule has 0 aliphatic carbocycles. The lowest BCUT2D eigenvalue weighted by Gasteiger charge is -2.11. The standard InChI is InChI=1S/C14H9Cl2FINO/c1-7-2-3-9(17)6-12(7)19-14(20)10-4-8(15)5-11(16)13(10)18/h2-6H,1H3,(H,19,20). The molecule has 0 saturated carbocycles. The number of amides is 1. The Kier molecular flexibility index (Phi) is 4.88. The number of carbonyl (C=O) groups is 1. The van der Waals surface area contributed by atoms with Gasteiger partial charge in [-0.1, -0.05) is 29.3 Å². The van der Waals surface area contributed by atoms with Crippen molar-refractivity contribution in [3.05, 3.63) is 60.9 Å². The fraction of sp³-hybridized carbons (Fsp3) is 0.0714. The zero-order chi connectivity index (χ0) is 14.9. The second-order valence-electron chi connectivity index (χ2n) is 4.16. The maximum Gasteiger partial charge on any atom is 0.256 e. The lowest BCUT2D eigenvalue weighted by atomic mass is 10.1. The zero-order valence-electron chi connectivity index (χ0n) is 10.3. The summed E-state index contributed by atoms with van der Waals surface area (Å²) in [7, 11) is 0. The number of benzene rings is 2. The third-order valence-corrected chi connectivity index (χ3v) is 4.68. The molecule has 0 spiro atoms. The topological polar surface area (TPSA) is 29.1 Å². The first kappa shape index (κ1) is 15.5. The lowest BCUT2D eigenvalue weighted by molar-refractivity contribution is 0.102. The van der Waals surface area contributed by atoms with Gasteiger partial charge in [-0.05, 0) is 59.3 Å². The van der Waals surface area contributed by atoms with Crippen LogP contribution >= 0.6 is 45.8 Å². The van der Waals surface area contributed by atoms with E-state index in [1.54, 1.807) is 19.1 Å². The van der Waals surface area contributed by atoms with Crippen LogP contribution in [0.4, 0.5) is 10.1 Å². The Labute approximate surface area is 139 Å². The molecular weight excluding hydrogens is 415 g/mol. The van der Waals surface area contributed by atoms with Crippen molar-refractivity contribution in [2.24, 2.45) is 0 Å². The molecule has 2 rings (SSSR count). The molecule has 0 saturated heterocycles. The van der Waals surface area contributed by atoms with E-state index in [1.807, 2.05) is 22.6 Å². The molecule has 20 heavy (non-hydrogen) atoms. The maximum atomic E-state index is 13.2. The SMILES string of the molecule is Cc1ccc(F)cc1NC(=O)c1cc(Cl)cc(Cl)c1I. The fourth-order valence-electron chi connectivity index (χ4n) is 1.64. The second-order valence-corrected chi connectivity index (χ2v) is 6.08.